The first-order chi connectivity index (χ1) is 17.5. The van der Waals surface area contributed by atoms with Gasteiger partial charge in [-0.15, -0.1) is 0 Å². The Bertz CT molecular complexity index is 1200. The van der Waals surface area contributed by atoms with Crippen molar-refractivity contribution in [2.45, 2.75) is 25.6 Å². The molecular weight excluding hydrogens is 489 g/mol. The highest BCUT2D eigenvalue weighted by Gasteiger charge is 2.32. The van der Waals surface area contributed by atoms with Crippen molar-refractivity contribution in [2.75, 3.05) is 26.7 Å². The Hall–Kier alpha value is -4.06. The molecule has 6 N–H and O–H groups in total. The van der Waals surface area contributed by atoms with Gasteiger partial charge in [-0.2, -0.15) is 13.2 Å². The summed E-state index contributed by atoms with van der Waals surface area (Å²) in [7, 11) is 1.17. The van der Waals surface area contributed by atoms with Crippen molar-refractivity contribution in [3.8, 4) is 5.75 Å². The third kappa shape index (κ3) is 7.46. The van der Waals surface area contributed by atoms with Crippen molar-refractivity contribution in [1.82, 2.24) is 15.6 Å². The van der Waals surface area contributed by atoms with E-state index in [0.717, 1.165) is 40.9 Å². The molecule has 12 heteroatoms. The van der Waals surface area contributed by atoms with Crippen molar-refractivity contribution >= 4 is 17.5 Å². The molecule has 37 heavy (non-hydrogen) atoms. The van der Waals surface area contributed by atoms with Crippen molar-refractivity contribution in [2.24, 2.45) is 16.6 Å². The monoisotopic (exact) mass is 518 g/mol. The second-order valence-electron chi connectivity index (χ2n) is 8.30. The Morgan fingerprint density at radius 3 is 2.46 bits per heavy atom. The average molecular weight is 519 g/mol. The second-order valence-corrected chi connectivity index (χ2v) is 8.30. The Morgan fingerprint density at radius 1 is 1.22 bits per heavy atom. The number of hydrogen-bond donors (Lipinski definition) is 4. The van der Waals surface area contributed by atoms with Crippen LogP contribution in [-0.4, -0.2) is 49.3 Å². The number of methoxy groups -OCH3 is 1. The molecule has 0 aliphatic carbocycles. The highest BCUT2D eigenvalue weighted by molar-refractivity contribution is 6.05. The largest absolute Gasteiger partial charge is 0.496 e. The molecule has 0 spiro atoms. The van der Waals surface area contributed by atoms with Gasteiger partial charge in [-0.25, -0.2) is 5.84 Å². The molecule has 198 valence electrons. The first-order valence-corrected chi connectivity index (χ1v) is 11.5. The van der Waals surface area contributed by atoms with Crippen molar-refractivity contribution in [3.05, 3.63) is 76.6 Å². The molecule has 1 aliphatic rings. The van der Waals surface area contributed by atoms with Crippen LogP contribution in [0.25, 0.3) is 0 Å². The zero-order valence-corrected chi connectivity index (χ0v) is 20.4. The SMILES string of the molecule is CCc1ccc(C(NC(=O)/C(N)=C/N(N)CCNC(=O)c2ccc(C(F)(F)F)cc2OC)C2=NC2)cc1. The minimum atomic E-state index is -4.56. The maximum Gasteiger partial charge on any atom is 0.416 e. The summed E-state index contributed by atoms with van der Waals surface area (Å²) in [6.07, 6.45) is -2.43. The highest BCUT2D eigenvalue weighted by Crippen LogP contribution is 2.33. The lowest BCUT2D eigenvalue weighted by atomic mass is 10.0. The standard InChI is InChI=1S/C25H29F3N6O3/c1-3-15-4-6-16(7-5-15)22(20-13-32-20)33-24(36)19(29)14-34(30)11-10-31-23(35)18-9-8-17(25(26,27)28)12-21(18)37-2/h4-9,12,14,22H,3,10-11,13,29-30H2,1-2H3,(H,31,35)(H,33,36)/b19-14-. The van der Waals surface area contributed by atoms with Gasteiger partial charge < -0.3 is 26.1 Å². The summed E-state index contributed by atoms with van der Waals surface area (Å²) in [6.45, 7) is 2.71. The zero-order valence-electron chi connectivity index (χ0n) is 20.4. The molecule has 1 heterocycles. The normalized spacial score (nSPS) is 13.9. The number of nitrogens with one attached hydrogen (secondary N) is 2. The van der Waals surface area contributed by atoms with Crippen LogP contribution in [0, 0.1) is 0 Å². The first-order valence-electron chi connectivity index (χ1n) is 11.5. The molecule has 1 unspecified atom stereocenters. The summed E-state index contributed by atoms with van der Waals surface area (Å²) >= 11 is 0. The number of halogens is 3. The third-order valence-electron chi connectivity index (χ3n) is 5.67. The van der Waals surface area contributed by atoms with Crippen LogP contribution >= 0.6 is 0 Å². The molecule has 0 radical (unpaired) electrons. The number of aryl methyl sites for hydroxylation is 1. The summed E-state index contributed by atoms with van der Waals surface area (Å²) in [4.78, 5) is 29.3. The lowest BCUT2D eigenvalue weighted by Crippen LogP contribution is -2.39. The number of ether oxygens (including phenoxy) is 1. The molecule has 0 saturated heterocycles. The van der Waals surface area contributed by atoms with Crippen LogP contribution in [0.15, 0.2) is 59.4 Å². The zero-order chi connectivity index (χ0) is 27.2. The number of carbonyl (C=O) groups is 2. The van der Waals surface area contributed by atoms with Gasteiger partial charge in [-0.1, -0.05) is 31.2 Å². The molecule has 2 aromatic carbocycles. The van der Waals surface area contributed by atoms with Gasteiger partial charge in [0.2, 0.25) is 0 Å². The van der Waals surface area contributed by atoms with Crippen LogP contribution in [0.5, 0.6) is 5.75 Å². The van der Waals surface area contributed by atoms with E-state index in [9.17, 15) is 22.8 Å². The van der Waals surface area contributed by atoms with Gasteiger partial charge in [0.05, 0.1) is 43.1 Å². The second kappa shape index (κ2) is 11.8. The summed E-state index contributed by atoms with van der Waals surface area (Å²) in [5, 5.41) is 6.52. The van der Waals surface area contributed by atoms with Crippen molar-refractivity contribution < 1.29 is 27.5 Å². The van der Waals surface area contributed by atoms with E-state index in [0.29, 0.717) is 6.54 Å². The number of amides is 2. The van der Waals surface area contributed by atoms with Crippen LogP contribution in [0.2, 0.25) is 0 Å². The molecule has 2 amide bonds. The number of hydrazine groups is 1. The predicted molar refractivity (Wildman–Crippen MR) is 132 cm³/mol. The predicted octanol–water partition coefficient (Wildman–Crippen LogP) is 2.29. The van der Waals surface area contributed by atoms with E-state index < -0.39 is 29.6 Å². The fourth-order valence-corrected chi connectivity index (χ4v) is 3.50. The van der Waals surface area contributed by atoms with Crippen LogP contribution < -0.4 is 26.9 Å². The van der Waals surface area contributed by atoms with Gasteiger partial charge in [-0.3, -0.25) is 14.6 Å². The van der Waals surface area contributed by atoms with Gasteiger partial charge in [-0.05, 0) is 35.7 Å². The molecule has 0 bridgehead atoms. The van der Waals surface area contributed by atoms with E-state index in [1.807, 2.05) is 24.3 Å². The highest BCUT2D eigenvalue weighted by atomic mass is 19.4. The lowest BCUT2D eigenvalue weighted by Gasteiger charge is -2.18. The molecule has 0 saturated carbocycles. The van der Waals surface area contributed by atoms with Crippen LogP contribution in [0.4, 0.5) is 13.2 Å². The van der Waals surface area contributed by atoms with Gasteiger partial charge >= 0.3 is 6.18 Å². The van der Waals surface area contributed by atoms with E-state index in [2.05, 4.69) is 22.5 Å². The van der Waals surface area contributed by atoms with E-state index in [4.69, 9.17) is 16.3 Å². The molecule has 1 atom stereocenters. The number of rotatable bonds is 11. The molecule has 1 aliphatic heterocycles. The number of nitrogens with zero attached hydrogens (tertiary/aromatic N) is 2. The minimum Gasteiger partial charge on any atom is -0.496 e. The Balaban J connectivity index is 1.54. The van der Waals surface area contributed by atoms with Crippen LogP contribution in [-0.2, 0) is 17.4 Å². The number of alkyl halides is 3. The topological polar surface area (TPSA) is 135 Å². The fourth-order valence-electron chi connectivity index (χ4n) is 3.50. The molecular formula is C25H29F3N6O3. The van der Waals surface area contributed by atoms with Crippen molar-refractivity contribution in [1.29, 1.82) is 0 Å². The minimum absolute atomic E-state index is 0.0219. The van der Waals surface area contributed by atoms with Gasteiger partial charge in [0, 0.05) is 12.7 Å². The summed E-state index contributed by atoms with van der Waals surface area (Å²) in [6, 6.07) is 10.1. The van der Waals surface area contributed by atoms with Crippen molar-refractivity contribution in [3.63, 3.8) is 0 Å². The smallest absolute Gasteiger partial charge is 0.416 e. The maximum absolute atomic E-state index is 12.9. The Morgan fingerprint density at radius 2 is 1.89 bits per heavy atom. The summed E-state index contributed by atoms with van der Waals surface area (Å²) in [5.41, 5.74) is 7.69. The molecule has 3 rings (SSSR count). The van der Waals surface area contributed by atoms with Gasteiger partial charge in [0.25, 0.3) is 11.8 Å². The van der Waals surface area contributed by atoms with Crippen LogP contribution in [0.3, 0.4) is 0 Å². The Kier molecular flexibility index (Phi) is 8.77. The molecule has 0 fully saturated rings. The number of aliphatic imine (C=N–C) groups is 1. The number of hydrogen-bond acceptors (Lipinski definition) is 7. The molecule has 9 nitrogen and oxygen atoms in total. The Labute approximate surface area is 212 Å². The average Bonchev–Trinajstić information content (AvgIpc) is 3.71. The van der Waals surface area contributed by atoms with E-state index >= 15 is 0 Å². The first kappa shape index (κ1) is 27.5. The van der Waals surface area contributed by atoms with Crippen LogP contribution in [0.1, 0.15) is 40.0 Å². The molecule has 0 aromatic heterocycles. The molecule has 2 aromatic rings. The van der Waals surface area contributed by atoms with E-state index in [-0.39, 0.29) is 30.1 Å². The van der Waals surface area contributed by atoms with Gasteiger partial charge in [0.15, 0.2) is 0 Å². The maximum atomic E-state index is 12.9. The van der Waals surface area contributed by atoms with E-state index in [1.165, 1.54) is 18.9 Å². The van der Waals surface area contributed by atoms with Gasteiger partial charge in [0.1, 0.15) is 11.4 Å². The number of benzene rings is 2. The quantitative estimate of drug-likeness (QED) is 0.205. The lowest BCUT2D eigenvalue weighted by molar-refractivity contribution is -0.137. The third-order valence-corrected chi connectivity index (χ3v) is 5.67. The fraction of sp³-hybridized carbons (Fsp3) is 0.320. The summed E-state index contributed by atoms with van der Waals surface area (Å²) < 4.78 is 43.6. The van der Waals surface area contributed by atoms with E-state index in [1.54, 1.807) is 0 Å². The number of nitrogens with two attached hydrogens (primary N) is 2. The number of carbonyl (C=O) groups excluding carboxylic acids is 2. The summed E-state index contributed by atoms with van der Waals surface area (Å²) in [5.74, 6) is 4.49.